The monoisotopic (exact) mass is 320 g/mol. The highest BCUT2D eigenvalue weighted by Gasteiger charge is 2.19. The molecule has 3 aromatic carbocycles. The maximum absolute atomic E-state index is 11.6. The highest BCUT2D eigenvalue weighted by atomic mass is 16.5. The zero-order valence-electron chi connectivity index (χ0n) is 13.4. The van der Waals surface area contributed by atoms with Crippen molar-refractivity contribution < 1.29 is 14.6 Å². The summed E-state index contributed by atoms with van der Waals surface area (Å²) in [5.74, 6) is -1.38. The third-order valence-corrected chi connectivity index (χ3v) is 4.13. The number of fused-ring (bicyclic) bond motifs is 1. The third-order valence-electron chi connectivity index (χ3n) is 4.13. The Kier molecular flexibility index (Phi) is 5.24. The summed E-state index contributed by atoms with van der Waals surface area (Å²) in [6.45, 7) is 0.633. The van der Waals surface area contributed by atoms with Gasteiger partial charge in [-0.1, -0.05) is 72.8 Å². The molecule has 0 aliphatic heterocycles. The zero-order chi connectivity index (χ0) is 16.8. The van der Waals surface area contributed by atoms with E-state index in [2.05, 4.69) is 0 Å². The van der Waals surface area contributed by atoms with Gasteiger partial charge in [-0.2, -0.15) is 0 Å². The Bertz CT molecular complexity index is 806. The first-order valence-electron chi connectivity index (χ1n) is 8.05. The van der Waals surface area contributed by atoms with E-state index in [4.69, 9.17) is 4.74 Å². The van der Waals surface area contributed by atoms with Crippen LogP contribution in [0.25, 0.3) is 10.8 Å². The Morgan fingerprint density at radius 3 is 2.42 bits per heavy atom. The molecule has 3 aromatic rings. The van der Waals surface area contributed by atoms with Crippen LogP contribution in [0.3, 0.4) is 0 Å². The lowest BCUT2D eigenvalue weighted by Crippen LogP contribution is -2.22. The lowest BCUT2D eigenvalue weighted by molar-refractivity contribution is -0.144. The Hall–Kier alpha value is -2.65. The molecule has 1 N–H and O–H groups in total. The van der Waals surface area contributed by atoms with Gasteiger partial charge < -0.3 is 9.84 Å². The number of hydrogen-bond donors (Lipinski definition) is 1. The normalized spacial score (nSPS) is 12.2. The van der Waals surface area contributed by atoms with Crippen LogP contribution in [0.5, 0.6) is 0 Å². The number of rotatable bonds is 7. The number of carbonyl (C=O) groups is 1. The van der Waals surface area contributed by atoms with E-state index in [9.17, 15) is 9.90 Å². The van der Waals surface area contributed by atoms with E-state index in [1.807, 2.05) is 72.8 Å². The molecule has 0 aromatic heterocycles. The number of aliphatic carboxylic acids is 1. The minimum atomic E-state index is -0.823. The first-order valence-corrected chi connectivity index (χ1v) is 8.05. The molecule has 3 heteroatoms. The van der Waals surface area contributed by atoms with E-state index >= 15 is 0 Å². The molecule has 0 bridgehead atoms. The predicted octanol–water partition coefficient (Wildman–Crippen LogP) is 4.30. The second kappa shape index (κ2) is 7.75. The first kappa shape index (κ1) is 16.2. The van der Waals surface area contributed by atoms with E-state index < -0.39 is 11.9 Å². The van der Waals surface area contributed by atoms with Crippen LogP contribution >= 0.6 is 0 Å². The van der Waals surface area contributed by atoms with Crippen LogP contribution in [0.2, 0.25) is 0 Å². The van der Waals surface area contributed by atoms with E-state index in [0.29, 0.717) is 13.0 Å². The van der Waals surface area contributed by atoms with Crippen molar-refractivity contribution in [2.75, 3.05) is 6.61 Å². The highest BCUT2D eigenvalue weighted by molar-refractivity contribution is 5.86. The van der Waals surface area contributed by atoms with Crippen LogP contribution in [-0.4, -0.2) is 17.7 Å². The van der Waals surface area contributed by atoms with Gasteiger partial charge >= 0.3 is 5.97 Å². The summed E-state index contributed by atoms with van der Waals surface area (Å²) < 4.78 is 5.65. The minimum Gasteiger partial charge on any atom is -0.481 e. The van der Waals surface area contributed by atoms with Gasteiger partial charge in [-0.3, -0.25) is 4.79 Å². The van der Waals surface area contributed by atoms with Crippen molar-refractivity contribution in [2.24, 2.45) is 5.92 Å². The fourth-order valence-electron chi connectivity index (χ4n) is 2.85. The largest absolute Gasteiger partial charge is 0.481 e. The average molecular weight is 320 g/mol. The van der Waals surface area contributed by atoms with Crippen LogP contribution in [-0.2, 0) is 22.6 Å². The van der Waals surface area contributed by atoms with Crippen molar-refractivity contribution in [3.63, 3.8) is 0 Å². The molecule has 0 heterocycles. The molecule has 3 rings (SSSR count). The summed E-state index contributed by atoms with van der Waals surface area (Å²) in [6.07, 6.45) is 0.464. The summed E-state index contributed by atoms with van der Waals surface area (Å²) in [6, 6.07) is 23.8. The van der Waals surface area contributed by atoms with Crippen LogP contribution in [0.4, 0.5) is 0 Å². The molecule has 1 atom stereocenters. The number of ether oxygens (including phenoxy) is 1. The van der Waals surface area contributed by atoms with Crippen molar-refractivity contribution in [3.05, 3.63) is 83.9 Å². The Morgan fingerprint density at radius 2 is 1.62 bits per heavy atom. The smallest absolute Gasteiger partial charge is 0.309 e. The Labute approximate surface area is 141 Å². The zero-order valence-corrected chi connectivity index (χ0v) is 13.4. The van der Waals surface area contributed by atoms with Crippen molar-refractivity contribution in [3.8, 4) is 0 Å². The summed E-state index contributed by atoms with van der Waals surface area (Å²) >= 11 is 0. The van der Waals surface area contributed by atoms with E-state index in [1.165, 1.54) is 0 Å². The van der Waals surface area contributed by atoms with Gasteiger partial charge in [-0.05, 0) is 28.3 Å². The molecule has 1 unspecified atom stereocenters. The number of hydrogen-bond acceptors (Lipinski definition) is 2. The lowest BCUT2D eigenvalue weighted by Gasteiger charge is -2.14. The van der Waals surface area contributed by atoms with Crippen LogP contribution < -0.4 is 0 Å². The maximum Gasteiger partial charge on any atom is 0.309 e. The molecular weight excluding hydrogens is 300 g/mol. The molecule has 24 heavy (non-hydrogen) atoms. The fourth-order valence-corrected chi connectivity index (χ4v) is 2.85. The summed E-state index contributed by atoms with van der Waals surface area (Å²) in [5.41, 5.74) is 2.09. The quantitative estimate of drug-likeness (QED) is 0.706. The molecular formula is C21H20O3. The standard InChI is InChI=1S/C21H20O3/c22-21(23)19(15-24-14-16-7-2-1-3-8-16)13-18-11-6-10-17-9-4-5-12-20(17)18/h1-12,19H,13-15H2,(H,22,23). The van der Waals surface area contributed by atoms with Crippen LogP contribution in [0.1, 0.15) is 11.1 Å². The van der Waals surface area contributed by atoms with Crippen LogP contribution in [0, 0.1) is 5.92 Å². The maximum atomic E-state index is 11.6. The third kappa shape index (κ3) is 4.00. The predicted molar refractivity (Wildman–Crippen MR) is 94.9 cm³/mol. The minimum absolute atomic E-state index is 0.202. The van der Waals surface area contributed by atoms with Crippen molar-refractivity contribution in [1.82, 2.24) is 0 Å². The Morgan fingerprint density at radius 1 is 0.917 bits per heavy atom. The van der Waals surface area contributed by atoms with Gasteiger partial charge in [0.25, 0.3) is 0 Å². The molecule has 0 spiro atoms. The van der Waals surface area contributed by atoms with E-state index in [1.54, 1.807) is 0 Å². The van der Waals surface area contributed by atoms with Gasteiger partial charge in [0.2, 0.25) is 0 Å². The number of benzene rings is 3. The molecule has 3 nitrogen and oxygen atoms in total. The van der Waals surface area contributed by atoms with Gasteiger partial charge in [-0.15, -0.1) is 0 Å². The molecule has 0 saturated carbocycles. The van der Waals surface area contributed by atoms with Gasteiger partial charge in [0.1, 0.15) is 0 Å². The second-order valence-corrected chi connectivity index (χ2v) is 5.88. The highest BCUT2D eigenvalue weighted by Crippen LogP contribution is 2.21. The van der Waals surface area contributed by atoms with Crippen molar-refractivity contribution >= 4 is 16.7 Å². The van der Waals surface area contributed by atoms with Crippen molar-refractivity contribution in [1.29, 1.82) is 0 Å². The first-order chi connectivity index (χ1) is 11.7. The fraction of sp³-hybridized carbons (Fsp3) is 0.190. The lowest BCUT2D eigenvalue weighted by atomic mass is 9.95. The number of carboxylic acids is 1. The summed E-state index contributed by atoms with van der Waals surface area (Å²) in [4.78, 5) is 11.6. The molecule has 0 aliphatic carbocycles. The van der Waals surface area contributed by atoms with E-state index in [-0.39, 0.29) is 6.61 Å². The molecule has 0 fully saturated rings. The molecule has 122 valence electrons. The van der Waals surface area contributed by atoms with Gasteiger partial charge in [0.15, 0.2) is 0 Å². The van der Waals surface area contributed by atoms with E-state index in [0.717, 1.165) is 21.9 Å². The summed E-state index contributed by atoms with van der Waals surface area (Å²) in [7, 11) is 0. The number of carboxylic acid groups (broad SMARTS) is 1. The van der Waals surface area contributed by atoms with Crippen molar-refractivity contribution in [2.45, 2.75) is 13.0 Å². The van der Waals surface area contributed by atoms with Gasteiger partial charge in [0.05, 0.1) is 19.1 Å². The molecule has 0 aliphatic rings. The molecule has 0 radical (unpaired) electrons. The molecule has 0 amide bonds. The summed E-state index contributed by atoms with van der Waals surface area (Å²) in [5, 5.41) is 11.8. The second-order valence-electron chi connectivity index (χ2n) is 5.88. The SMILES string of the molecule is O=C(O)C(COCc1ccccc1)Cc1cccc2ccccc12. The Balaban J connectivity index is 1.68. The molecule has 0 saturated heterocycles. The van der Waals surface area contributed by atoms with Crippen LogP contribution in [0.15, 0.2) is 72.8 Å². The average Bonchev–Trinajstić information content (AvgIpc) is 2.62. The van der Waals surface area contributed by atoms with Gasteiger partial charge in [0, 0.05) is 0 Å². The topological polar surface area (TPSA) is 46.5 Å². The van der Waals surface area contributed by atoms with Gasteiger partial charge in [-0.25, -0.2) is 0 Å².